The van der Waals surface area contributed by atoms with Crippen LogP contribution >= 0.6 is 0 Å². The first-order valence-electron chi connectivity index (χ1n) is 6.39. The number of pyridine rings is 1. The summed E-state index contributed by atoms with van der Waals surface area (Å²) in [6, 6.07) is 1.62. The number of nitrogens with two attached hydrogens (primary N) is 1. The van der Waals surface area contributed by atoms with Crippen LogP contribution in [0.5, 0.6) is 0 Å². The summed E-state index contributed by atoms with van der Waals surface area (Å²) in [5.41, 5.74) is 5.83. The van der Waals surface area contributed by atoms with Crippen molar-refractivity contribution in [1.29, 1.82) is 0 Å². The number of urea groups is 1. The van der Waals surface area contributed by atoms with Gasteiger partial charge >= 0.3 is 12.0 Å². The van der Waals surface area contributed by atoms with E-state index in [1.165, 1.54) is 4.90 Å². The fourth-order valence-corrected chi connectivity index (χ4v) is 1.68. The van der Waals surface area contributed by atoms with Gasteiger partial charge in [-0.15, -0.1) is 0 Å². The number of aliphatic carboxylic acids is 1. The normalized spacial score (nSPS) is 11.5. The SMILES string of the molecule is CCN(Cc1ccncc1)C(=O)N[C@H](CC(N)=O)C(=O)O. The molecule has 4 N–H and O–H groups in total. The summed E-state index contributed by atoms with van der Waals surface area (Å²) in [5, 5.41) is 11.3. The maximum absolute atomic E-state index is 12.1. The molecule has 0 saturated carbocycles. The molecular weight excluding hydrogens is 276 g/mol. The molecule has 114 valence electrons. The molecule has 0 spiro atoms. The minimum absolute atomic E-state index is 0.313. The van der Waals surface area contributed by atoms with Gasteiger partial charge in [0.2, 0.25) is 5.91 Å². The number of nitrogens with one attached hydrogen (secondary N) is 1. The highest BCUT2D eigenvalue weighted by atomic mass is 16.4. The summed E-state index contributed by atoms with van der Waals surface area (Å²) >= 11 is 0. The van der Waals surface area contributed by atoms with Crippen LogP contribution in [0, 0.1) is 0 Å². The molecule has 0 bridgehead atoms. The van der Waals surface area contributed by atoms with Crippen molar-refractivity contribution in [3.8, 4) is 0 Å². The fourth-order valence-electron chi connectivity index (χ4n) is 1.68. The Balaban J connectivity index is 2.69. The summed E-state index contributed by atoms with van der Waals surface area (Å²) in [4.78, 5) is 39.2. The zero-order chi connectivity index (χ0) is 15.8. The number of carboxylic acid groups (broad SMARTS) is 1. The van der Waals surface area contributed by atoms with Crippen LogP contribution in [-0.2, 0) is 16.1 Å². The number of carbonyl (C=O) groups excluding carboxylic acids is 2. The van der Waals surface area contributed by atoms with Gasteiger partial charge < -0.3 is 21.1 Å². The van der Waals surface area contributed by atoms with Gasteiger partial charge in [0, 0.05) is 25.5 Å². The highest BCUT2D eigenvalue weighted by Gasteiger charge is 2.24. The van der Waals surface area contributed by atoms with Crippen molar-refractivity contribution < 1.29 is 19.5 Å². The Labute approximate surface area is 121 Å². The number of hydrogen-bond donors (Lipinski definition) is 3. The molecule has 0 aliphatic carbocycles. The molecule has 0 saturated heterocycles. The number of aromatic nitrogens is 1. The molecule has 21 heavy (non-hydrogen) atoms. The third kappa shape index (κ3) is 5.47. The summed E-state index contributed by atoms with van der Waals surface area (Å²) in [6.45, 7) is 2.47. The van der Waals surface area contributed by atoms with E-state index in [9.17, 15) is 14.4 Å². The molecule has 1 heterocycles. The second-order valence-electron chi connectivity index (χ2n) is 4.38. The number of carbonyl (C=O) groups is 3. The van der Waals surface area contributed by atoms with E-state index >= 15 is 0 Å². The average Bonchev–Trinajstić information content (AvgIpc) is 2.44. The van der Waals surface area contributed by atoms with Crippen molar-refractivity contribution >= 4 is 17.9 Å². The predicted octanol–water partition coefficient (Wildman–Crippen LogP) is -0.0583. The Morgan fingerprint density at radius 2 is 2.00 bits per heavy atom. The molecule has 1 aromatic rings. The Hall–Kier alpha value is -2.64. The molecule has 0 aliphatic rings. The lowest BCUT2D eigenvalue weighted by Crippen LogP contribution is -2.49. The van der Waals surface area contributed by atoms with E-state index in [1.54, 1.807) is 31.5 Å². The number of rotatable bonds is 7. The second kappa shape index (κ2) is 7.83. The molecule has 1 atom stereocenters. The monoisotopic (exact) mass is 294 g/mol. The van der Waals surface area contributed by atoms with E-state index in [2.05, 4.69) is 10.3 Å². The summed E-state index contributed by atoms with van der Waals surface area (Å²) < 4.78 is 0. The molecule has 0 fully saturated rings. The zero-order valence-electron chi connectivity index (χ0n) is 11.7. The molecule has 0 aromatic carbocycles. The number of amides is 3. The molecule has 0 aliphatic heterocycles. The van der Waals surface area contributed by atoms with Gasteiger partial charge in [-0.05, 0) is 24.6 Å². The predicted molar refractivity (Wildman–Crippen MR) is 74.1 cm³/mol. The number of nitrogens with zero attached hydrogens (tertiary/aromatic N) is 2. The second-order valence-corrected chi connectivity index (χ2v) is 4.38. The molecular formula is C13H18N4O4. The lowest BCUT2D eigenvalue weighted by Gasteiger charge is -2.23. The fraction of sp³-hybridized carbons (Fsp3) is 0.385. The van der Waals surface area contributed by atoms with Crippen LogP contribution in [0.15, 0.2) is 24.5 Å². The highest BCUT2D eigenvalue weighted by molar-refractivity contribution is 5.87. The van der Waals surface area contributed by atoms with Gasteiger partial charge in [0.25, 0.3) is 0 Å². The van der Waals surface area contributed by atoms with E-state index in [1.807, 2.05) is 0 Å². The maximum atomic E-state index is 12.1. The van der Waals surface area contributed by atoms with Gasteiger partial charge in [-0.25, -0.2) is 9.59 Å². The quantitative estimate of drug-likeness (QED) is 0.649. The largest absolute Gasteiger partial charge is 0.480 e. The first-order valence-corrected chi connectivity index (χ1v) is 6.39. The van der Waals surface area contributed by atoms with Crippen molar-refractivity contribution in [3.63, 3.8) is 0 Å². The van der Waals surface area contributed by atoms with E-state index in [0.29, 0.717) is 13.1 Å². The minimum Gasteiger partial charge on any atom is -0.480 e. The Kier molecular flexibility index (Phi) is 6.12. The topological polar surface area (TPSA) is 126 Å². The van der Waals surface area contributed by atoms with Crippen molar-refractivity contribution in [2.24, 2.45) is 5.73 Å². The highest BCUT2D eigenvalue weighted by Crippen LogP contribution is 2.04. The smallest absolute Gasteiger partial charge is 0.326 e. The van der Waals surface area contributed by atoms with E-state index < -0.39 is 30.4 Å². The molecule has 8 heteroatoms. The Morgan fingerprint density at radius 3 is 2.48 bits per heavy atom. The molecule has 8 nitrogen and oxygen atoms in total. The third-order valence-electron chi connectivity index (χ3n) is 2.79. The summed E-state index contributed by atoms with van der Waals surface area (Å²) in [6.07, 6.45) is 2.76. The van der Waals surface area contributed by atoms with Crippen LogP contribution in [0.2, 0.25) is 0 Å². The summed E-state index contributed by atoms with van der Waals surface area (Å²) in [5.74, 6) is -2.10. The van der Waals surface area contributed by atoms with Gasteiger partial charge in [0.15, 0.2) is 0 Å². The molecule has 3 amide bonds. The number of primary amides is 1. The van der Waals surface area contributed by atoms with Gasteiger partial charge in [-0.1, -0.05) is 0 Å². The lowest BCUT2D eigenvalue weighted by atomic mass is 10.2. The Morgan fingerprint density at radius 1 is 1.38 bits per heavy atom. The van der Waals surface area contributed by atoms with Crippen LogP contribution in [0.4, 0.5) is 4.79 Å². The molecule has 0 unspecified atom stereocenters. The molecule has 1 aromatic heterocycles. The van der Waals surface area contributed by atoms with E-state index in [0.717, 1.165) is 5.56 Å². The van der Waals surface area contributed by atoms with E-state index in [-0.39, 0.29) is 0 Å². The average molecular weight is 294 g/mol. The van der Waals surface area contributed by atoms with Gasteiger partial charge in [0.1, 0.15) is 6.04 Å². The van der Waals surface area contributed by atoms with Crippen LogP contribution < -0.4 is 11.1 Å². The van der Waals surface area contributed by atoms with Gasteiger partial charge in [-0.3, -0.25) is 9.78 Å². The van der Waals surface area contributed by atoms with Crippen molar-refractivity contribution in [2.75, 3.05) is 6.54 Å². The standard InChI is InChI=1S/C13H18N4O4/c1-2-17(8-9-3-5-15-6-4-9)13(21)16-10(12(19)20)7-11(14)18/h3-6,10H,2,7-8H2,1H3,(H2,14,18)(H,16,21)(H,19,20)/t10-/m1/s1. The maximum Gasteiger partial charge on any atom is 0.326 e. The van der Waals surface area contributed by atoms with Crippen LogP contribution in [0.1, 0.15) is 18.9 Å². The van der Waals surface area contributed by atoms with E-state index in [4.69, 9.17) is 10.8 Å². The number of hydrogen-bond acceptors (Lipinski definition) is 4. The lowest BCUT2D eigenvalue weighted by molar-refractivity contribution is -0.140. The number of carboxylic acids is 1. The first kappa shape index (κ1) is 16.4. The van der Waals surface area contributed by atoms with Crippen LogP contribution in [-0.4, -0.2) is 45.5 Å². The first-order chi connectivity index (χ1) is 9.93. The summed E-state index contributed by atoms with van der Waals surface area (Å²) in [7, 11) is 0. The Bertz CT molecular complexity index is 506. The van der Waals surface area contributed by atoms with Crippen LogP contribution in [0.25, 0.3) is 0 Å². The van der Waals surface area contributed by atoms with Gasteiger partial charge in [-0.2, -0.15) is 0 Å². The minimum atomic E-state index is -1.33. The zero-order valence-corrected chi connectivity index (χ0v) is 11.7. The van der Waals surface area contributed by atoms with Crippen molar-refractivity contribution in [3.05, 3.63) is 30.1 Å². The molecule has 1 rings (SSSR count). The third-order valence-corrected chi connectivity index (χ3v) is 2.79. The van der Waals surface area contributed by atoms with Crippen molar-refractivity contribution in [1.82, 2.24) is 15.2 Å². The van der Waals surface area contributed by atoms with Crippen molar-refractivity contribution in [2.45, 2.75) is 25.9 Å². The molecule has 0 radical (unpaired) electrons. The van der Waals surface area contributed by atoms with Gasteiger partial charge in [0.05, 0.1) is 6.42 Å². The van der Waals surface area contributed by atoms with Crippen LogP contribution in [0.3, 0.4) is 0 Å².